The van der Waals surface area contributed by atoms with Gasteiger partial charge in [-0.05, 0) is 75.3 Å². The molecule has 0 spiro atoms. The Kier molecular flexibility index (Phi) is 13.7. The van der Waals surface area contributed by atoms with Crippen molar-refractivity contribution in [2.24, 2.45) is 5.16 Å². The Labute approximate surface area is 186 Å². The molecule has 0 radical (unpaired) electrons. The first-order valence-corrected chi connectivity index (χ1v) is 11.3. The molecule has 1 aromatic carbocycles. The van der Waals surface area contributed by atoms with Gasteiger partial charge in [0.15, 0.2) is 0 Å². The van der Waals surface area contributed by atoms with E-state index < -0.39 is 0 Å². The second-order valence-electron chi connectivity index (χ2n) is 7.16. The summed E-state index contributed by atoms with van der Waals surface area (Å²) in [6.45, 7) is 9.91. The minimum Gasteiger partial charge on any atom is -0.493 e. The fourth-order valence-electron chi connectivity index (χ4n) is 2.90. The van der Waals surface area contributed by atoms with Crippen molar-refractivity contribution in [2.45, 2.75) is 72.6 Å². The molecule has 0 saturated heterocycles. The lowest BCUT2D eigenvalue weighted by Crippen LogP contribution is -2.06. The number of benzene rings is 1. The van der Waals surface area contributed by atoms with Gasteiger partial charge in [0.05, 0.1) is 12.3 Å². The van der Waals surface area contributed by atoms with Crippen LogP contribution in [-0.2, 0) is 17.7 Å². The van der Waals surface area contributed by atoms with E-state index >= 15 is 0 Å². The number of rotatable bonds is 15. The zero-order valence-electron chi connectivity index (χ0n) is 18.2. The van der Waals surface area contributed by atoms with Gasteiger partial charge < -0.3 is 14.3 Å². The molecule has 6 heteroatoms. The Morgan fingerprint density at radius 1 is 0.931 bits per heavy atom. The molecule has 0 aliphatic carbocycles. The van der Waals surface area contributed by atoms with Crippen LogP contribution in [0.1, 0.15) is 70.9 Å². The zero-order chi connectivity index (χ0) is 21.5. The summed E-state index contributed by atoms with van der Waals surface area (Å²) < 4.78 is 12.3. The van der Waals surface area contributed by atoms with Crippen molar-refractivity contribution in [3.63, 3.8) is 0 Å². The summed E-state index contributed by atoms with van der Waals surface area (Å²) >= 11 is 11.3. The van der Waals surface area contributed by atoms with Gasteiger partial charge in [-0.3, -0.25) is 0 Å². The molecule has 0 bridgehead atoms. The SMILES string of the molecule is CCCc1cc(OCC=C(Cl)Cl)cc(CCC)c1OCCCCCON=C(C)C. The Morgan fingerprint density at radius 3 is 2.10 bits per heavy atom. The maximum Gasteiger partial charge on any atom is 0.125 e. The lowest BCUT2D eigenvalue weighted by Gasteiger charge is -2.18. The highest BCUT2D eigenvalue weighted by Crippen LogP contribution is 2.32. The van der Waals surface area contributed by atoms with Crippen LogP contribution in [0.5, 0.6) is 11.5 Å². The van der Waals surface area contributed by atoms with Gasteiger partial charge in [-0.1, -0.05) is 55.0 Å². The van der Waals surface area contributed by atoms with Crippen molar-refractivity contribution in [3.8, 4) is 11.5 Å². The van der Waals surface area contributed by atoms with Crippen molar-refractivity contribution < 1.29 is 14.3 Å². The summed E-state index contributed by atoms with van der Waals surface area (Å²) in [5, 5.41) is 3.95. The molecule has 164 valence electrons. The van der Waals surface area contributed by atoms with E-state index in [2.05, 4.69) is 31.1 Å². The van der Waals surface area contributed by atoms with E-state index in [1.54, 1.807) is 6.08 Å². The smallest absolute Gasteiger partial charge is 0.125 e. The third-order valence-electron chi connectivity index (χ3n) is 4.12. The van der Waals surface area contributed by atoms with Gasteiger partial charge in [-0.2, -0.15) is 0 Å². The second kappa shape index (κ2) is 15.4. The molecule has 0 saturated carbocycles. The number of hydrogen-bond acceptors (Lipinski definition) is 4. The van der Waals surface area contributed by atoms with Gasteiger partial charge in [0, 0.05) is 0 Å². The average Bonchev–Trinajstić information content (AvgIpc) is 2.65. The van der Waals surface area contributed by atoms with Crippen LogP contribution in [0.3, 0.4) is 0 Å². The van der Waals surface area contributed by atoms with E-state index in [1.807, 2.05) is 13.8 Å². The van der Waals surface area contributed by atoms with Gasteiger partial charge in [0.2, 0.25) is 0 Å². The predicted molar refractivity (Wildman–Crippen MR) is 124 cm³/mol. The maximum atomic E-state index is 6.24. The van der Waals surface area contributed by atoms with E-state index in [9.17, 15) is 0 Å². The van der Waals surface area contributed by atoms with E-state index in [0.29, 0.717) is 19.8 Å². The van der Waals surface area contributed by atoms with Gasteiger partial charge in [0.1, 0.15) is 29.2 Å². The maximum absolute atomic E-state index is 6.24. The molecule has 0 aliphatic heterocycles. The standard InChI is InChI=1S/C23H35Cl2NO3/c1-5-10-19-16-21(27-15-12-22(24)25)17-20(11-6-2)23(19)28-13-8-7-9-14-29-26-18(3)4/h12,16-17H,5-11,13-15H2,1-4H3. The predicted octanol–water partition coefficient (Wildman–Crippen LogP) is 7.25. The van der Waals surface area contributed by atoms with Crippen molar-refractivity contribution >= 4 is 28.9 Å². The van der Waals surface area contributed by atoms with Crippen LogP contribution in [0.25, 0.3) is 0 Å². The Balaban J connectivity index is 2.70. The monoisotopic (exact) mass is 443 g/mol. The van der Waals surface area contributed by atoms with E-state index in [0.717, 1.165) is 62.2 Å². The molecular formula is C23H35Cl2NO3. The molecular weight excluding hydrogens is 409 g/mol. The summed E-state index contributed by atoms with van der Waals surface area (Å²) in [5.41, 5.74) is 3.34. The number of unbranched alkanes of at least 4 members (excludes halogenated alkanes) is 2. The molecule has 0 amide bonds. The van der Waals surface area contributed by atoms with Gasteiger partial charge in [-0.25, -0.2) is 0 Å². The number of ether oxygens (including phenoxy) is 2. The lowest BCUT2D eigenvalue weighted by molar-refractivity contribution is 0.138. The number of hydrogen-bond donors (Lipinski definition) is 0. The third kappa shape index (κ3) is 11.4. The van der Waals surface area contributed by atoms with Crippen LogP contribution in [0.2, 0.25) is 0 Å². The summed E-state index contributed by atoms with van der Waals surface area (Å²) in [6, 6.07) is 4.15. The summed E-state index contributed by atoms with van der Waals surface area (Å²) in [7, 11) is 0. The van der Waals surface area contributed by atoms with E-state index in [4.69, 9.17) is 37.5 Å². The highest BCUT2D eigenvalue weighted by Gasteiger charge is 2.13. The number of aryl methyl sites for hydroxylation is 2. The van der Waals surface area contributed by atoms with Gasteiger partial charge in [-0.15, -0.1) is 0 Å². The summed E-state index contributed by atoms with van der Waals surface area (Å²) in [5.74, 6) is 1.86. The minimum atomic E-state index is 0.217. The first-order chi connectivity index (χ1) is 14.0. The summed E-state index contributed by atoms with van der Waals surface area (Å²) in [4.78, 5) is 5.23. The molecule has 29 heavy (non-hydrogen) atoms. The van der Waals surface area contributed by atoms with Crippen LogP contribution >= 0.6 is 23.2 Å². The molecule has 0 unspecified atom stereocenters. The molecule has 4 nitrogen and oxygen atoms in total. The Hall–Kier alpha value is -1.39. The normalized spacial score (nSPS) is 10.4. The average molecular weight is 444 g/mol. The van der Waals surface area contributed by atoms with E-state index in [-0.39, 0.29) is 4.49 Å². The molecule has 0 aliphatic rings. The number of halogens is 2. The Bertz CT molecular complexity index is 625. The minimum absolute atomic E-state index is 0.217. The molecule has 0 atom stereocenters. The first kappa shape index (κ1) is 25.6. The van der Waals surface area contributed by atoms with Crippen LogP contribution in [0, 0.1) is 0 Å². The van der Waals surface area contributed by atoms with Crippen LogP contribution < -0.4 is 9.47 Å². The Morgan fingerprint density at radius 2 is 1.55 bits per heavy atom. The van der Waals surface area contributed by atoms with Gasteiger partial charge in [0.25, 0.3) is 0 Å². The van der Waals surface area contributed by atoms with Crippen LogP contribution in [-0.4, -0.2) is 25.5 Å². The molecule has 0 fully saturated rings. The zero-order valence-corrected chi connectivity index (χ0v) is 19.7. The van der Waals surface area contributed by atoms with Gasteiger partial charge >= 0.3 is 0 Å². The fraction of sp³-hybridized carbons (Fsp3) is 0.609. The fourth-order valence-corrected chi connectivity index (χ4v) is 3.02. The molecule has 1 aromatic rings. The number of oxime groups is 1. The van der Waals surface area contributed by atoms with Crippen molar-refractivity contribution in [1.82, 2.24) is 0 Å². The van der Waals surface area contributed by atoms with Crippen molar-refractivity contribution in [2.75, 3.05) is 19.8 Å². The highest BCUT2D eigenvalue weighted by atomic mass is 35.5. The molecule has 0 aromatic heterocycles. The quantitative estimate of drug-likeness (QED) is 0.162. The summed E-state index contributed by atoms with van der Waals surface area (Å²) in [6.07, 6.45) is 8.68. The number of nitrogens with zero attached hydrogens (tertiary/aromatic N) is 1. The lowest BCUT2D eigenvalue weighted by atomic mass is 10.0. The highest BCUT2D eigenvalue weighted by molar-refractivity contribution is 6.55. The van der Waals surface area contributed by atoms with Crippen molar-refractivity contribution in [1.29, 1.82) is 0 Å². The van der Waals surface area contributed by atoms with Crippen LogP contribution in [0.4, 0.5) is 0 Å². The third-order valence-corrected chi connectivity index (χ3v) is 4.42. The first-order valence-electron chi connectivity index (χ1n) is 10.5. The largest absolute Gasteiger partial charge is 0.493 e. The topological polar surface area (TPSA) is 40.0 Å². The van der Waals surface area contributed by atoms with Crippen LogP contribution in [0.15, 0.2) is 27.9 Å². The molecule has 0 heterocycles. The second-order valence-corrected chi connectivity index (χ2v) is 8.16. The molecule has 0 N–H and O–H groups in total. The van der Waals surface area contributed by atoms with E-state index in [1.165, 1.54) is 11.1 Å². The van der Waals surface area contributed by atoms with Crippen molar-refractivity contribution in [3.05, 3.63) is 33.8 Å². The molecule has 1 rings (SSSR count).